The van der Waals surface area contributed by atoms with Gasteiger partial charge in [-0.15, -0.1) is 0 Å². The van der Waals surface area contributed by atoms with E-state index in [1.54, 1.807) is 13.1 Å². The molecule has 1 N–H and O–H groups in total. The van der Waals surface area contributed by atoms with Crippen molar-refractivity contribution in [1.29, 1.82) is 0 Å². The lowest BCUT2D eigenvalue weighted by Crippen LogP contribution is -2.26. The van der Waals surface area contributed by atoms with Crippen LogP contribution in [0.3, 0.4) is 0 Å². The van der Waals surface area contributed by atoms with E-state index in [0.717, 1.165) is 0 Å². The molecule has 0 amide bonds. The number of hydrogen-bond acceptors (Lipinski definition) is 4. The van der Waals surface area contributed by atoms with Gasteiger partial charge in [-0.2, -0.15) is 0 Å². The minimum absolute atomic E-state index is 0.0281. The molecule has 0 unspecified atom stereocenters. The summed E-state index contributed by atoms with van der Waals surface area (Å²) in [5.41, 5.74) is 0.470. The summed E-state index contributed by atoms with van der Waals surface area (Å²) >= 11 is 0. The molecule has 6 heteroatoms. The van der Waals surface area contributed by atoms with Crippen LogP contribution in [-0.4, -0.2) is 29.9 Å². The Kier molecular flexibility index (Phi) is 2.84. The molecule has 0 radical (unpaired) electrons. The molecule has 1 aliphatic rings. The lowest BCUT2D eigenvalue weighted by Gasteiger charge is -2.21. The predicted molar refractivity (Wildman–Crippen MR) is 60.2 cm³/mol. The molecule has 88 valence electrons. The van der Waals surface area contributed by atoms with Crippen molar-refractivity contribution < 1.29 is 8.42 Å². The van der Waals surface area contributed by atoms with Crippen molar-refractivity contribution >= 4 is 9.84 Å². The van der Waals surface area contributed by atoms with E-state index in [2.05, 4.69) is 9.97 Å². The molecule has 0 spiro atoms. The smallest absolute Gasteiger partial charge is 0.254 e. The molecule has 1 aromatic rings. The lowest BCUT2D eigenvalue weighted by molar-refractivity contribution is 0.546. The third-order valence-electron chi connectivity index (χ3n) is 2.95. The number of H-pyrrole nitrogens is 1. The summed E-state index contributed by atoms with van der Waals surface area (Å²) in [5.74, 6) is 0.952. The van der Waals surface area contributed by atoms with Crippen molar-refractivity contribution in [2.75, 3.05) is 11.5 Å². The van der Waals surface area contributed by atoms with E-state index in [4.69, 9.17) is 0 Å². The highest BCUT2D eigenvalue weighted by molar-refractivity contribution is 7.91. The molecule has 1 saturated heterocycles. The third-order valence-corrected chi connectivity index (χ3v) is 4.66. The van der Waals surface area contributed by atoms with E-state index in [9.17, 15) is 13.2 Å². The van der Waals surface area contributed by atoms with Crippen LogP contribution in [0.5, 0.6) is 0 Å². The summed E-state index contributed by atoms with van der Waals surface area (Å²) in [5, 5.41) is 0. The van der Waals surface area contributed by atoms with Gasteiger partial charge in [0.05, 0.1) is 11.5 Å². The maximum atomic E-state index is 11.7. The first-order chi connectivity index (χ1) is 7.48. The number of rotatable bonds is 1. The molecule has 1 fully saturated rings. The maximum absolute atomic E-state index is 11.7. The van der Waals surface area contributed by atoms with Gasteiger partial charge < -0.3 is 4.98 Å². The molecule has 1 aliphatic heterocycles. The average Bonchev–Trinajstić information content (AvgIpc) is 2.19. The van der Waals surface area contributed by atoms with Crippen LogP contribution in [0.2, 0.25) is 0 Å². The van der Waals surface area contributed by atoms with Gasteiger partial charge in [0.2, 0.25) is 0 Å². The quantitative estimate of drug-likeness (QED) is 0.771. The Bertz CT molecular complexity index is 533. The first-order valence-corrected chi connectivity index (χ1v) is 7.06. The monoisotopic (exact) mass is 242 g/mol. The van der Waals surface area contributed by atoms with Crippen molar-refractivity contribution in [2.24, 2.45) is 0 Å². The molecule has 0 atom stereocenters. The van der Waals surface area contributed by atoms with E-state index in [0.29, 0.717) is 24.2 Å². The summed E-state index contributed by atoms with van der Waals surface area (Å²) in [4.78, 5) is 18.3. The highest BCUT2D eigenvalue weighted by Gasteiger charge is 2.26. The number of hydrogen-bond donors (Lipinski definition) is 1. The minimum Gasteiger partial charge on any atom is -0.311 e. The largest absolute Gasteiger partial charge is 0.311 e. The molecule has 0 aromatic carbocycles. The van der Waals surface area contributed by atoms with Crippen molar-refractivity contribution in [3.63, 3.8) is 0 Å². The van der Waals surface area contributed by atoms with Crippen LogP contribution < -0.4 is 5.56 Å². The Morgan fingerprint density at radius 1 is 1.38 bits per heavy atom. The van der Waals surface area contributed by atoms with Crippen molar-refractivity contribution in [1.82, 2.24) is 9.97 Å². The number of nitrogens with one attached hydrogen (secondary N) is 1. The first-order valence-electron chi connectivity index (χ1n) is 5.24. The van der Waals surface area contributed by atoms with Gasteiger partial charge in [0.1, 0.15) is 15.7 Å². The molecule has 16 heavy (non-hydrogen) atoms. The van der Waals surface area contributed by atoms with Crippen LogP contribution in [0.1, 0.15) is 30.1 Å². The second kappa shape index (κ2) is 4.01. The highest BCUT2D eigenvalue weighted by Crippen LogP contribution is 2.26. The van der Waals surface area contributed by atoms with Crippen molar-refractivity contribution in [3.05, 3.63) is 27.9 Å². The second-order valence-electron chi connectivity index (χ2n) is 4.18. The van der Waals surface area contributed by atoms with Gasteiger partial charge in [0.15, 0.2) is 0 Å². The number of aromatic amines is 1. The Hall–Kier alpha value is -1.17. The fourth-order valence-corrected chi connectivity index (χ4v) is 3.48. The molecule has 0 bridgehead atoms. The van der Waals surface area contributed by atoms with Crippen LogP contribution >= 0.6 is 0 Å². The van der Waals surface area contributed by atoms with Gasteiger partial charge in [0.25, 0.3) is 5.56 Å². The summed E-state index contributed by atoms with van der Waals surface area (Å²) in [6.45, 7) is 1.72. The number of sulfone groups is 1. The zero-order valence-electron chi connectivity index (χ0n) is 9.06. The summed E-state index contributed by atoms with van der Waals surface area (Å²) in [7, 11) is -2.88. The van der Waals surface area contributed by atoms with Crippen LogP contribution in [0.15, 0.2) is 11.0 Å². The lowest BCUT2D eigenvalue weighted by atomic mass is 9.96. The Morgan fingerprint density at radius 2 is 2.00 bits per heavy atom. The van der Waals surface area contributed by atoms with Crippen LogP contribution in [0.4, 0.5) is 0 Å². The van der Waals surface area contributed by atoms with Gasteiger partial charge >= 0.3 is 0 Å². The number of aromatic nitrogens is 2. The van der Waals surface area contributed by atoms with Gasteiger partial charge in [-0.25, -0.2) is 13.4 Å². The number of aryl methyl sites for hydroxylation is 1. The Morgan fingerprint density at radius 3 is 2.56 bits per heavy atom. The van der Waals surface area contributed by atoms with Gasteiger partial charge in [-0.1, -0.05) is 0 Å². The van der Waals surface area contributed by atoms with Gasteiger partial charge in [-0.3, -0.25) is 4.79 Å². The molecule has 5 nitrogen and oxygen atoms in total. The standard InChI is InChI=1S/C10H14N2O3S/c1-7-11-6-9(10(13)12-7)8-2-4-16(14,15)5-3-8/h6,8H,2-5H2,1H3,(H,11,12,13). The molecule has 1 aromatic heterocycles. The first kappa shape index (κ1) is 11.3. The zero-order valence-corrected chi connectivity index (χ0v) is 9.88. The van der Waals surface area contributed by atoms with Crippen LogP contribution in [0, 0.1) is 6.92 Å². The molecule has 0 aliphatic carbocycles. The third kappa shape index (κ3) is 2.32. The van der Waals surface area contributed by atoms with Crippen LogP contribution in [-0.2, 0) is 9.84 Å². The number of nitrogens with zero attached hydrogens (tertiary/aromatic N) is 1. The molecule has 0 saturated carbocycles. The van der Waals surface area contributed by atoms with E-state index < -0.39 is 9.84 Å². The fraction of sp³-hybridized carbons (Fsp3) is 0.600. The summed E-state index contributed by atoms with van der Waals surface area (Å²) in [6, 6.07) is 0. The van der Waals surface area contributed by atoms with E-state index in [1.807, 2.05) is 0 Å². The predicted octanol–water partition coefficient (Wildman–Crippen LogP) is 0.371. The SMILES string of the molecule is Cc1ncc(C2CCS(=O)(=O)CC2)c(=O)[nH]1. The van der Waals surface area contributed by atoms with Gasteiger partial charge in [-0.05, 0) is 25.7 Å². The molecule has 2 rings (SSSR count). The van der Waals surface area contributed by atoms with Gasteiger partial charge in [0, 0.05) is 11.8 Å². The highest BCUT2D eigenvalue weighted by atomic mass is 32.2. The van der Waals surface area contributed by atoms with E-state index >= 15 is 0 Å². The molecular formula is C10H14N2O3S. The topological polar surface area (TPSA) is 79.9 Å². The van der Waals surface area contributed by atoms with Crippen LogP contribution in [0.25, 0.3) is 0 Å². The zero-order chi connectivity index (χ0) is 11.8. The van der Waals surface area contributed by atoms with Crippen molar-refractivity contribution in [2.45, 2.75) is 25.7 Å². The molecular weight excluding hydrogens is 228 g/mol. The molecule has 2 heterocycles. The average molecular weight is 242 g/mol. The maximum Gasteiger partial charge on any atom is 0.254 e. The minimum atomic E-state index is -2.88. The van der Waals surface area contributed by atoms with E-state index in [1.165, 1.54) is 0 Å². The fourth-order valence-electron chi connectivity index (χ4n) is 1.99. The summed E-state index contributed by atoms with van der Waals surface area (Å²) < 4.78 is 22.5. The normalized spacial score (nSPS) is 20.8. The summed E-state index contributed by atoms with van der Waals surface area (Å²) in [6.07, 6.45) is 2.61. The Labute approximate surface area is 93.8 Å². The second-order valence-corrected chi connectivity index (χ2v) is 6.48. The Balaban J connectivity index is 2.24. The van der Waals surface area contributed by atoms with Crippen molar-refractivity contribution in [3.8, 4) is 0 Å². The van der Waals surface area contributed by atoms with E-state index in [-0.39, 0.29) is 23.0 Å².